The molecule has 1 fully saturated rings. The highest BCUT2D eigenvalue weighted by Crippen LogP contribution is 2.36. The van der Waals surface area contributed by atoms with E-state index in [4.69, 9.17) is 13.4 Å². The summed E-state index contributed by atoms with van der Waals surface area (Å²) in [5.41, 5.74) is -0.942. The fourth-order valence-electron chi connectivity index (χ4n) is 1.60. The predicted octanol–water partition coefficient (Wildman–Crippen LogP) is 1.83. The lowest BCUT2D eigenvalue weighted by atomic mass is 9.88. The van der Waals surface area contributed by atoms with Crippen molar-refractivity contribution >= 4 is 29.2 Å². The molecule has 1 aromatic heterocycles. The van der Waals surface area contributed by atoms with Crippen molar-refractivity contribution in [2.75, 3.05) is 7.04 Å². The predicted molar refractivity (Wildman–Crippen MR) is 71.4 cm³/mol. The first kappa shape index (κ1) is 10.0. The van der Waals surface area contributed by atoms with Crippen LogP contribution >= 0.6 is 11.3 Å². The molecular weight excluding hydrogens is 251 g/mol. The smallest absolute Gasteiger partial charge is 0.465 e. The summed E-state index contributed by atoms with van der Waals surface area (Å²) in [7, 11) is -3.32. The summed E-state index contributed by atoms with van der Waals surface area (Å²) in [5.74, 6) is -0.872. The number of rotatable bonds is 2. The third kappa shape index (κ3) is 2.20. The summed E-state index contributed by atoms with van der Waals surface area (Å²) >= 11 is 1.11. The summed E-state index contributed by atoms with van der Waals surface area (Å²) in [6.45, 7) is 7.74. The van der Waals surface area contributed by atoms with Crippen LogP contribution in [0.2, 0.25) is 0 Å². The third-order valence-electron chi connectivity index (χ3n) is 3.41. The van der Waals surface area contributed by atoms with Gasteiger partial charge in [-0.05, 0) is 33.8 Å². The fraction of sp³-hybridized carbons (Fsp3) is 0.583. The number of methoxy groups -OCH3 is 1. The molecule has 0 aliphatic carbocycles. The lowest BCUT2D eigenvalue weighted by Gasteiger charge is -2.32. The van der Waals surface area contributed by atoms with Gasteiger partial charge in [-0.25, -0.2) is 4.79 Å². The van der Waals surface area contributed by atoms with Gasteiger partial charge in [-0.2, -0.15) is 0 Å². The van der Waals surface area contributed by atoms with E-state index in [9.17, 15) is 4.79 Å². The molecule has 0 radical (unpaired) electrons. The van der Waals surface area contributed by atoms with Crippen molar-refractivity contribution in [3.63, 3.8) is 0 Å². The van der Waals surface area contributed by atoms with Gasteiger partial charge >= 0.3 is 13.1 Å². The first-order valence-corrected chi connectivity index (χ1v) is 6.42. The lowest BCUT2D eigenvalue weighted by Crippen LogP contribution is -2.41. The van der Waals surface area contributed by atoms with Crippen LogP contribution in [-0.4, -0.2) is 31.3 Å². The largest absolute Gasteiger partial charge is 0.505 e. The van der Waals surface area contributed by atoms with Crippen molar-refractivity contribution in [1.82, 2.24) is 0 Å². The van der Waals surface area contributed by atoms with Crippen LogP contribution in [0.25, 0.3) is 0 Å². The van der Waals surface area contributed by atoms with Crippen molar-refractivity contribution in [3.05, 3.63) is 17.0 Å². The van der Waals surface area contributed by atoms with E-state index in [0.29, 0.717) is 4.78 Å². The number of hydrogen-bond donors (Lipinski definition) is 0. The Morgan fingerprint density at radius 1 is 1.33 bits per heavy atom. The van der Waals surface area contributed by atoms with Gasteiger partial charge in [0.25, 0.3) is 0 Å². The highest BCUT2D eigenvalue weighted by molar-refractivity contribution is 7.23. The van der Waals surface area contributed by atoms with Crippen LogP contribution < -0.4 is 4.78 Å². The van der Waals surface area contributed by atoms with Gasteiger partial charge in [-0.3, -0.25) is 0 Å². The van der Waals surface area contributed by atoms with E-state index >= 15 is 0 Å². The summed E-state index contributed by atoms with van der Waals surface area (Å²) in [6, 6.07) is 3.20. The Balaban J connectivity index is 2.13. The monoisotopic (exact) mass is 271 g/mol. The molecule has 0 saturated carbocycles. The molecule has 1 saturated heterocycles. The molecule has 1 aliphatic rings. The number of thiophene rings is 1. The Bertz CT molecular complexity index is 537. The molecule has 0 N–H and O–H groups in total. The SMILES string of the molecule is [2H]C([2H])([2H])OC(=O)c1ccc(B2OC(C)(C)C(C)(C)O2)s1. The molecule has 2 heterocycles. The Labute approximate surface area is 116 Å². The van der Waals surface area contributed by atoms with Crippen LogP contribution in [0.5, 0.6) is 0 Å². The number of hydrogen-bond acceptors (Lipinski definition) is 5. The molecule has 0 atom stereocenters. The van der Waals surface area contributed by atoms with Crippen molar-refractivity contribution in [2.45, 2.75) is 38.9 Å². The lowest BCUT2D eigenvalue weighted by molar-refractivity contribution is 0.00578. The summed E-state index contributed by atoms with van der Waals surface area (Å²) in [6.07, 6.45) is 0. The molecule has 6 heteroatoms. The Hall–Kier alpha value is -0.845. The molecule has 1 aromatic rings. The minimum absolute atomic E-state index is 0.204. The topological polar surface area (TPSA) is 44.8 Å². The Morgan fingerprint density at radius 3 is 2.50 bits per heavy atom. The molecular formula is C12H17BO4S. The number of carbonyl (C=O) groups is 1. The molecule has 0 spiro atoms. The van der Waals surface area contributed by atoms with Crippen molar-refractivity contribution in [2.24, 2.45) is 0 Å². The molecule has 1 aliphatic heterocycles. The van der Waals surface area contributed by atoms with E-state index < -0.39 is 31.3 Å². The molecule has 18 heavy (non-hydrogen) atoms. The van der Waals surface area contributed by atoms with Crippen molar-refractivity contribution in [1.29, 1.82) is 0 Å². The minimum atomic E-state index is -2.74. The van der Waals surface area contributed by atoms with Gasteiger partial charge in [0.05, 0.1) is 22.4 Å². The Kier molecular flexibility index (Phi) is 2.43. The Morgan fingerprint density at radius 2 is 1.94 bits per heavy atom. The normalized spacial score (nSPS) is 24.2. The van der Waals surface area contributed by atoms with Gasteiger partial charge < -0.3 is 14.0 Å². The molecule has 0 aromatic carbocycles. The highest BCUT2D eigenvalue weighted by atomic mass is 32.1. The maximum Gasteiger partial charge on any atom is 0.505 e. The first-order valence-electron chi connectivity index (χ1n) is 7.10. The number of carbonyl (C=O) groups excluding carboxylic acids is 1. The van der Waals surface area contributed by atoms with Gasteiger partial charge in [-0.1, -0.05) is 6.07 Å². The number of esters is 1. The van der Waals surface area contributed by atoms with E-state index in [0.717, 1.165) is 11.3 Å². The van der Waals surface area contributed by atoms with E-state index in [1.54, 1.807) is 6.07 Å². The van der Waals surface area contributed by atoms with Gasteiger partial charge in [0, 0.05) is 4.78 Å². The zero-order chi connectivity index (χ0) is 16.1. The van der Waals surface area contributed by atoms with Gasteiger partial charge in [0.15, 0.2) is 0 Å². The van der Waals surface area contributed by atoms with Crippen LogP contribution in [0, 0.1) is 0 Å². The standard InChI is InChI=1S/C12H17BO4S/c1-11(2)12(3,4)17-13(16-11)9-7-6-8(18-9)10(14)15-5/h6-7H,1-5H3/i5D3. The quantitative estimate of drug-likeness (QED) is 0.608. The van der Waals surface area contributed by atoms with Crippen LogP contribution in [0.1, 0.15) is 41.5 Å². The molecule has 4 nitrogen and oxygen atoms in total. The average molecular weight is 271 g/mol. The molecule has 0 amide bonds. The second kappa shape index (κ2) is 4.37. The van der Waals surface area contributed by atoms with Gasteiger partial charge in [-0.15, -0.1) is 11.3 Å². The maximum absolute atomic E-state index is 11.7. The average Bonchev–Trinajstić information content (AvgIpc) is 2.80. The summed E-state index contributed by atoms with van der Waals surface area (Å²) < 4.78 is 37.6. The van der Waals surface area contributed by atoms with Crippen molar-refractivity contribution in [3.8, 4) is 0 Å². The highest BCUT2D eigenvalue weighted by Gasteiger charge is 2.52. The minimum Gasteiger partial charge on any atom is -0.465 e. The molecule has 0 unspecified atom stereocenters. The van der Waals surface area contributed by atoms with Crippen molar-refractivity contribution < 1.29 is 23.0 Å². The van der Waals surface area contributed by atoms with Gasteiger partial charge in [0.1, 0.15) is 4.88 Å². The molecule has 0 bridgehead atoms. The van der Waals surface area contributed by atoms with E-state index in [1.807, 2.05) is 27.7 Å². The van der Waals surface area contributed by atoms with E-state index in [1.165, 1.54) is 6.07 Å². The second-order valence-corrected chi connectivity index (χ2v) is 6.30. The zero-order valence-corrected chi connectivity index (χ0v) is 11.6. The summed E-state index contributed by atoms with van der Waals surface area (Å²) in [4.78, 5) is 11.9. The fourth-order valence-corrected chi connectivity index (χ4v) is 2.44. The molecule has 98 valence electrons. The van der Waals surface area contributed by atoms with Gasteiger partial charge in [0.2, 0.25) is 0 Å². The summed E-state index contributed by atoms with van der Waals surface area (Å²) in [5, 5.41) is 0. The molecule has 2 rings (SSSR count). The number of ether oxygens (including phenoxy) is 1. The first-order chi connectivity index (χ1) is 9.41. The van der Waals surface area contributed by atoms with Crippen LogP contribution in [-0.2, 0) is 14.0 Å². The van der Waals surface area contributed by atoms with E-state index in [2.05, 4.69) is 4.74 Å². The second-order valence-electron chi connectivity index (χ2n) is 5.18. The van der Waals surface area contributed by atoms with Crippen LogP contribution in [0.3, 0.4) is 0 Å². The van der Waals surface area contributed by atoms with Crippen LogP contribution in [0.15, 0.2) is 12.1 Å². The zero-order valence-electron chi connectivity index (χ0n) is 13.8. The maximum atomic E-state index is 11.7. The third-order valence-corrected chi connectivity index (χ3v) is 4.49. The van der Waals surface area contributed by atoms with E-state index in [-0.39, 0.29) is 4.88 Å². The van der Waals surface area contributed by atoms with Crippen LogP contribution in [0.4, 0.5) is 0 Å².